The zero-order valence-electron chi connectivity index (χ0n) is 11.7. The van der Waals surface area contributed by atoms with Crippen LogP contribution in [0, 0.1) is 0 Å². The minimum absolute atomic E-state index is 0. The van der Waals surface area contributed by atoms with Crippen LogP contribution in [0.15, 0.2) is 0 Å². The summed E-state index contributed by atoms with van der Waals surface area (Å²) in [5.74, 6) is 0. The summed E-state index contributed by atoms with van der Waals surface area (Å²) in [6, 6.07) is 0. The van der Waals surface area contributed by atoms with E-state index in [0.29, 0.717) is 0 Å². The van der Waals surface area contributed by atoms with Gasteiger partial charge in [0.05, 0.1) is 13.2 Å². The van der Waals surface area contributed by atoms with Crippen molar-refractivity contribution in [3.8, 4) is 0 Å². The first kappa shape index (κ1) is 19.8. The van der Waals surface area contributed by atoms with Crippen molar-refractivity contribution in [2.24, 2.45) is 0 Å². The van der Waals surface area contributed by atoms with Crippen LogP contribution in [-0.2, 0) is 24.1 Å². The molecule has 0 aromatic carbocycles. The molecule has 1 saturated heterocycles. The average Bonchev–Trinajstić information content (AvgIpc) is 2.29. The van der Waals surface area contributed by atoms with Gasteiger partial charge in [0.1, 0.15) is 6.10 Å². The van der Waals surface area contributed by atoms with Crippen molar-refractivity contribution in [3.63, 3.8) is 0 Å². The van der Waals surface area contributed by atoms with E-state index in [9.17, 15) is 13.0 Å². The minimum Gasteiger partial charge on any atom is -0.726 e. The second-order valence-corrected chi connectivity index (χ2v) is 5.43. The maximum absolute atomic E-state index is 10.4. The summed E-state index contributed by atoms with van der Waals surface area (Å²) < 4.78 is 45.9. The monoisotopic (exact) mass is 304 g/mol. The van der Waals surface area contributed by atoms with E-state index in [1.54, 1.807) is 0 Å². The van der Waals surface area contributed by atoms with Gasteiger partial charge in [-0.25, -0.2) is 8.42 Å². The van der Waals surface area contributed by atoms with Crippen LogP contribution >= 0.6 is 0 Å². The zero-order valence-corrected chi connectivity index (χ0v) is 14.5. The molecule has 0 unspecified atom stereocenters. The molecule has 1 heterocycles. The van der Waals surface area contributed by atoms with Crippen LogP contribution in [0.3, 0.4) is 0 Å². The third kappa shape index (κ3) is 10.2. The smallest absolute Gasteiger partial charge is 0.726 e. The normalized spacial score (nSPS) is 23.9. The second-order valence-electron chi connectivity index (χ2n) is 4.43. The predicted molar refractivity (Wildman–Crippen MR) is 63.6 cm³/mol. The van der Waals surface area contributed by atoms with E-state index in [4.69, 9.17) is 9.47 Å². The molecule has 108 valence electrons. The summed E-state index contributed by atoms with van der Waals surface area (Å²) in [6.07, 6.45) is 5.50. The number of hydrogen-bond acceptors (Lipinski definition) is 6. The van der Waals surface area contributed by atoms with Crippen molar-refractivity contribution in [2.45, 2.75) is 57.8 Å². The summed E-state index contributed by atoms with van der Waals surface area (Å²) in [4.78, 5) is 0. The minimum atomic E-state index is -4.68. The Morgan fingerprint density at radius 2 is 1.74 bits per heavy atom. The van der Waals surface area contributed by atoms with Crippen LogP contribution in [0.2, 0.25) is 0 Å². The van der Waals surface area contributed by atoms with Crippen LogP contribution in [-0.4, -0.2) is 38.6 Å². The summed E-state index contributed by atoms with van der Waals surface area (Å²) in [5, 5.41) is 0. The molecule has 1 aliphatic rings. The standard InChI is InChI=1S/C11H22O6S.Na/c1-2-3-4-5-6-7-11-15-8-10(9-16-11)17-18(12,13)14;/h10-11H,2-9H2,1H3,(H,12,13,14);/q;+1/p-1. The largest absolute Gasteiger partial charge is 1.00 e. The van der Waals surface area contributed by atoms with E-state index >= 15 is 0 Å². The number of rotatable bonds is 8. The number of ether oxygens (including phenoxy) is 2. The molecule has 1 fully saturated rings. The first-order valence-electron chi connectivity index (χ1n) is 6.38. The van der Waals surface area contributed by atoms with Gasteiger partial charge >= 0.3 is 29.6 Å². The van der Waals surface area contributed by atoms with Gasteiger partial charge in [-0.1, -0.05) is 32.6 Å². The fourth-order valence-electron chi connectivity index (χ4n) is 1.83. The van der Waals surface area contributed by atoms with Crippen molar-refractivity contribution < 1.29 is 56.2 Å². The van der Waals surface area contributed by atoms with Gasteiger partial charge in [0.15, 0.2) is 6.29 Å². The van der Waals surface area contributed by atoms with E-state index < -0.39 is 16.5 Å². The van der Waals surface area contributed by atoms with E-state index in [2.05, 4.69) is 11.1 Å². The summed E-state index contributed by atoms with van der Waals surface area (Å²) >= 11 is 0. The molecular weight excluding hydrogens is 283 g/mol. The van der Waals surface area contributed by atoms with Crippen molar-refractivity contribution in [3.05, 3.63) is 0 Å². The maximum Gasteiger partial charge on any atom is 1.00 e. The Morgan fingerprint density at radius 3 is 2.26 bits per heavy atom. The average molecular weight is 304 g/mol. The Bertz CT molecular complexity index is 313. The Morgan fingerprint density at radius 1 is 1.16 bits per heavy atom. The molecule has 0 spiro atoms. The molecule has 0 aromatic rings. The van der Waals surface area contributed by atoms with Crippen molar-refractivity contribution >= 4 is 10.4 Å². The van der Waals surface area contributed by atoms with Gasteiger partial charge in [0, 0.05) is 0 Å². The first-order valence-corrected chi connectivity index (χ1v) is 7.72. The molecule has 0 N–H and O–H groups in total. The third-order valence-electron chi connectivity index (χ3n) is 2.73. The van der Waals surface area contributed by atoms with Crippen LogP contribution in [0.5, 0.6) is 0 Å². The van der Waals surface area contributed by atoms with Gasteiger partial charge < -0.3 is 14.0 Å². The molecule has 0 radical (unpaired) electrons. The Balaban J connectivity index is 0.00000324. The van der Waals surface area contributed by atoms with E-state index in [-0.39, 0.29) is 49.1 Å². The molecule has 19 heavy (non-hydrogen) atoms. The maximum atomic E-state index is 10.4. The second kappa shape index (κ2) is 10.5. The van der Waals surface area contributed by atoms with Crippen LogP contribution in [0.25, 0.3) is 0 Å². The molecule has 8 heteroatoms. The summed E-state index contributed by atoms with van der Waals surface area (Å²) in [7, 11) is -4.68. The molecule has 0 atom stereocenters. The number of hydrogen-bond donors (Lipinski definition) is 0. The molecule has 0 amide bonds. The number of unbranched alkanes of at least 4 members (excludes halogenated alkanes) is 4. The van der Waals surface area contributed by atoms with Crippen molar-refractivity contribution in [1.82, 2.24) is 0 Å². The van der Waals surface area contributed by atoms with Gasteiger partial charge in [0.25, 0.3) is 0 Å². The van der Waals surface area contributed by atoms with Gasteiger partial charge in [-0.15, -0.1) is 0 Å². The molecular formula is C11H21NaO6S. The first-order chi connectivity index (χ1) is 8.51. The van der Waals surface area contributed by atoms with Gasteiger partial charge in [0.2, 0.25) is 10.4 Å². The van der Waals surface area contributed by atoms with E-state index in [1.807, 2.05) is 0 Å². The van der Waals surface area contributed by atoms with Gasteiger partial charge in [-0.05, 0) is 12.8 Å². The van der Waals surface area contributed by atoms with Crippen LogP contribution in [0.1, 0.15) is 45.4 Å². The molecule has 0 aromatic heterocycles. The van der Waals surface area contributed by atoms with Gasteiger partial charge in [-0.2, -0.15) is 0 Å². The predicted octanol–water partition coefficient (Wildman–Crippen LogP) is -1.43. The summed E-state index contributed by atoms with van der Waals surface area (Å²) in [6.45, 7) is 2.33. The summed E-state index contributed by atoms with van der Waals surface area (Å²) in [5.41, 5.74) is 0. The van der Waals surface area contributed by atoms with E-state index in [1.165, 1.54) is 19.3 Å². The van der Waals surface area contributed by atoms with Crippen LogP contribution < -0.4 is 29.6 Å². The zero-order chi connectivity index (χ0) is 13.4. The molecule has 0 saturated carbocycles. The molecule has 0 aliphatic carbocycles. The Labute approximate surface area is 137 Å². The molecule has 6 nitrogen and oxygen atoms in total. The quantitative estimate of drug-likeness (QED) is 0.236. The fourth-order valence-corrected chi connectivity index (χ4v) is 2.27. The van der Waals surface area contributed by atoms with Gasteiger partial charge in [-0.3, -0.25) is 4.18 Å². The molecule has 1 aliphatic heterocycles. The van der Waals surface area contributed by atoms with Crippen molar-refractivity contribution in [2.75, 3.05) is 13.2 Å². The molecule has 1 rings (SSSR count). The fraction of sp³-hybridized carbons (Fsp3) is 1.00. The Hall–Kier alpha value is 0.790. The van der Waals surface area contributed by atoms with Crippen LogP contribution in [0.4, 0.5) is 0 Å². The van der Waals surface area contributed by atoms with Crippen molar-refractivity contribution in [1.29, 1.82) is 0 Å². The Kier molecular flexibility index (Phi) is 10.9. The van der Waals surface area contributed by atoms with E-state index in [0.717, 1.165) is 19.3 Å². The SMILES string of the molecule is CCCCCCCC1OCC(OS(=O)(=O)[O-])CO1.[Na+]. The molecule has 0 bridgehead atoms. The third-order valence-corrected chi connectivity index (χ3v) is 3.24. The topological polar surface area (TPSA) is 84.9 Å².